The quantitative estimate of drug-likeness (QED) is 0.852. The molecule has 0 radical (unpaired) electrons. The van der Waals surface area contributed by atoms with Crippen molar-refractivity contribution in [1.29, 1.82) is 0 Å². The van der Waals surface area contributed by atoms with Gasteiger partial charge in [-0.25, -0.2) is 4.39 Å². The Labute approximate surface area is 135 Å². The largest absolute Gasteiger partial charge is 0.383 e. The lowest BCUT2D eigenvalue weighted by molar-refractivity contribution is 0.0191. The molecule has 0 aliphatic carbocycles. The third-order valence-corrected chi connectivity index (χ3v) is 4.43. The third-order valence-electron chi connectivity index (χ3n) is 4.12. The van der Waals surface area contributed by atoms with E-state index in [1.165, 1.54) is 12.1 Å². The van der Waals surface area contributed by atoms with Crippen molar-refractivity contribution in [2.45, 2.75) is 25.9 Å². The Morgan fingerprint density at radius 1 is 1.36 bits per heavy atom. The average Bonchev–Trinajstić information content (AvgIpc) is 2.46. The van der Waals surface area contributed by atoms with E-state index in [1.54, 1.807) is 18.1 Å². The van der Waals surface area contributed by atoms with Gasteiger partial charge >= 0.3 is 0 Å². The van der Waals surface area contributed by atoms with E-state index in [-0.39, 0.29) is 28.6 Å². The Kier molecular flexibility index (Phi) is 5.78. The fourth-order valence-corrected chi connectivity index (χ4v) is 3.26. The topological polar surface area (TPSA) is 32.8 Å². The molecule has 6 heteroatoms. The van der Waals surface area contributed by atoms with Crippen LogP contribution in [0.15, 0.2) is 18.2 Å². The number of halogens is 2. The molecule has 0 saturated carbocycles. The second kappa shape index (κ2) is 7.40. The second-order valence-electron chi connectivity index (χ2n) is 5.74. The first-order valence-corrected chi connectivity index (χ1v) is 7.81. The summed E-state index contributed by atoms with van der Waals surface area (Å²) in [5.74, 6) is -0.909. The fraction of sp³-hybridized carbons (Fsp3) is 0.562. The van der Waals surface area contributed by atoms with Gasteiger partial charge in [0.15, 0.2) is 0 Å². The van der Waals surface area contributed by atoms with Crippen molar-refractivity contribution in [1.82, 2.24) is 9.80 Å². The first-order valence-electron chi connectivity index (χ1n) is 7.43. The molecule has 1 fully saturated rings. The molecular formula is C16H22ClFN2O2. The van der Waals surface area contributed by atoms with Crippen molar-refractivity contribution in [3.63, 3.8) is 0 Å². The molecule has 1 aromatic rings. The van der Waals surface area contributed by atoms with Gasteiger partial charge in [0.25, 0.3) is 5.91 Å². The molecule has 1 aliphatic rings. The molecule has 1 amide bonds. The minimum Gasteiger partial charge on any atom is -0.383 e. The summed E-state index contributed by atoms with van der Waals surface area (Å²) >= 11 is 6.00. The Hall–Kier alpha value is -1.17. The lowest BCUT2D eigenvalue weighted by Gasteiger charge is -2.44. The van der Waals surface area contributed by atoms with E-state index < -0.39 is 5.82 Å². The molecule has 1 aliphatic heterocycles. The van der Waals surface area contributed by atoms with Crippen LogP contribution in [0.4, 0.5) is 4.39 Å². The Balaban J connectivity index is 2.13. The number of carbonyl (C=O) groups excluding carboxylic acids is 1. The monoisotopic (exact) mass is 328 g/mol. The lowest BCUT2D eigenvalue weighted by atomic mass is 10.1. The Morgan fingerprint density at radius 2 is 2.00 bits per heavy atom. The minimum absolute atomic E-state index is 0.0334. The molecule has 1 heterocycles. The Bertz CT molecular complexity index is 509. The SMILES string of the molecule is COCCN1C(C)CN(C(=O)c2c(F)cccc2Cl)CC1C. The highest BCUT2D eigenvalue weighted by Crippen LogP contribution is 2.23. The first-order chi connectivity index (χ1) is 10.5. The predicted octanol–water partition coefficient (Wildman–Crippen LogP) is 2.66. The van der Waals surface area contributed by atoms with Crippen LogP contribution in [-0.2, 0) is 4.74 Å². The van der Waals surface area contributed by atoms with Crippen LogP contribution in [-0.4, -0.2) is 61.1 Å². The van der Waals surface area contributed by atoms with Crippen LogP contribution in [0.5, 0.6) is 0 Å². The zero-order valence-corrected chi connectivity index (χ0v) is 13.9. The molecule has 1 aromatic carbocycles. The summed E-state index contributed by atoms with van der Waals surface area (Å²) in [6, 6.07) is 4.68. The number of carbonyl (C=O) groups is 1. The zero-order valence-electron chi connectivity index (χ0n) is 13.2. The molecule has 122 valence electrons. The van der Waals surface area contributed by atoms with E-state index in [1.807, 2.05) is 0 Å². The highest BCUT2D eigenvalue weighted by atomic mass is 35.5. The van der Waals surface area contributed by atoms with E-state index >= 15 is 0 Å². The molecule has 2 unspecified atom stereocenters. The molecule has 0 aromatic heterocycles. The van der Waals surface area contributed by atoms with E-state index in [0.29, 0.717) is 19.7 Å². The number of rotatable bonds is 4. The number of hydrogen-bond acceptors (Lipinski definition) is 3. The summed E-state index contributed by atoms with van der Waals surface area (Å²) in [4.78, 5) is 16.6. The van der Waals surface area contributed by atoms with Gasteiger partial charge in [-0.05, 0) is 26.0 Å². The Morgan fingerprint density at radius 3 is 2.55 bits per heavy atom. The number of methoxy groups -OCH3 is 1. The van der Waals surface area contributed by atoms with Crippen LogP contribution < -0.4 is 0 Å². The zero-order chi connectivity index (χ0) is 16.3. The van der Waals surface area contributed by atoms with Crippen LogP contribution in [0.1, 0.15) is 24.2 Å². The lowest BCUT2D eigenvalue weighted by Crippen LogP contribution is -2.58. The van der Waals surface area contributed by atoms with Crippen molar-refractivity contribution in [3.05, 3.63) is 34.6 Å². The van der Waals surface area contributed by atoms with Gasteiger partial charge in [-0.15, -0.1) is 0 Å². The standard InChI is InChI=1S/C16H22ClFN2O2/c1-11-9-19(10-12(2)20(11)7-8-22-3)16(21)15-13(17)5-4-6-14(15)18/h4-6,11-12H,7-10H2,1-3H3. The fourth-order valence-electron chi connectivity index (χ4n) is 3.02. The maximum absolute atomic E-state index is 13.9. The van der Waals surface area contributed by atoms with E-state index in [0.717, 1.165) is 6.54 Å². The van der Waals surface area contributed by atoms with Crippen molar-refractivity contribution in [2.75, 3.05) is 33.4 Å². The van der Waals surface area contributed by atoms with Gasteiger partial charge in [0.05, 0.1) is 17.2 Å². The van der Waals surface area contributed by atoms with Gasteiger partial charge in [0, 0.05) is 38.8 Å². The van der Waals surface area contributed by atoms with E-state index in [2.05, 4.69) is 18.7 Å². The van der Waals surface area contributed by atoms with Gasteiger partial charge < -0.3 is 9.64 Å². The van der Waals surface area contributed by atoms with Crippen LogP contribution in [0.2, 0.25) is 5.02 Å². The number of hydrogen-bond donors (Lipinski definition) is 0. The molecule has 2 rings (SSSR count). The highest BCUT2D eigenvalue weighted by Gasteiger charge is 2.33. The van der Waals surface area contributed by atoms with Crippen LogP contribution in [0, 0.1) is 5.82 Å². The van der Waals surface area contributed by atoms with Crippen molar-refractivity contribution < 1.29 is 13.9 Å². The third kappa shape index (κ3) is 3.59. The van der Waals surface area contributed by atoms with Gasteiger partial charge in [0.1, 0.15) is 5.82 Å². The molecule has 4 nitrogen and oxygen atoms in total. The van der Waals surface area contributed by atoms with Gasteiger partial charge in [-0.1, -0.05) is 17.7 Å². The van der Waals surface area contributed by atoms with Crippen LogP contribution in [0.3, 0.4) is 0 Å². The molecule has 2 atom stereocenters. The summed E-state index contributed by atoms with van der Waals surface area (Å²) in [6.45, 7) is 6.71. The van der Waals surface area contributed by atoms with Crippen LogP contribution in [0.25, 0.3) is 0 Å². The summed E-state index contributed by atoms with van der Waals surface area (Å²) in [7, 11) is 1.68. The maximum atomic E-state index is 13.9. The first kappa shape index (κ1) is 17.2. The van der Waals surface area contributed by atoms with Gasteiger partial charge in [0.2, 0.25) is 0 Å². The van der Waals surface area contributed by atoms with Crippen molar-refractivity contribution in [2.24, 2.45) is 0 Å². The summed E-state index contributed by atoms with van der Waals surface area (Å²) in [6.07, 6.45) is 0. The second-order valence-corrected chi connectivity index (χ2v) is 6.14. The van der Waals surface area contributed by atoms with Gasteiger partial charge in [-0.3, -0.25) is 9.69 Å². The summed E-state index contributed by atoms with van der Waals surface area (Å²) in [5, 5.41) is 0.159. The molecule has 1 saturated heterocycles. The average molecular weight is 329 g/mol. The number of ether oxygens (including phenoxy) is 1. The normalized spacial score (nSPS) is 22.9. The van der Waals surface area contributed by atoms with Crippen molar-refractivity contribution in [3.8, 4) is 0 Å². The molecular weight excluding hydrogens is 307 g/mol. The van der Waals surface area contributed by atoms with E-state index in [4.69, 9.17) is 16.3 Å². The molecule has 0 bridgehead atoms. The number of piperazine rings is 1. The molecule has 22 heavy (non-hydrogen) atoms. The summed E-state index contributed by atoms with van der Waals surface area (Å²) in [5.41, 5.74) is -0.0334. The van der Waals surface area contributed by atoms with Gasteiger partial charge in [-0.2, -0.15) is 0 Å². The predicted molar refractivity (Wildman–Crippen MR) is 84.8 cm³/mol. The smallest absolute Gasteiger partial charge is 0.258 e. The number of benzene rings is 1. The highest BCUT2D eigenvalue weighted by molar-refractivity contribution is 6.33. The minimum atomic E-state index is -0.570. The molecule has 0 N–H and O–H groups in total. The maximum Gasteiger partial charge on any atom is 0.258 e. The number of nitrogens with zero attached hydrogens (tertiary/aromatic N) is 2. The molecule has 0 spiro atoms. The van der Waals surface area contributed by atoms with Crippen molar-refractivity contribution >= 4 is 17.5 Å². The van der Waals surface area contributed by atoms with Crippen LogP contribution >= 0.6 is 11.6 Å². The number of amides is 1. The summed E-state index contributed by atoms with van der Waals surface area (Å²) < 4.78 is 19.1. The van der Waals surface area contributed by atoms with E-state index in [9.17, 15) is 9.18 Å².